The second-order valence-corrected chi connectivity index (χ2v) is 4.96. The van der Waals surface area contributed by atoms with Crippen molar-refractivity contribution in [3.63, 3.8) is 0 Å². The van der Waals surface area contributed by atoms with Crippen molar-refractivity contribution in [2.75, 3.05) is 26.8 Å². The van der Waals surface area contributed by atoms with Gasteiger partial charge in [0.25, 0.3) is 0 Å². The van der Waals surface area contributed by atoms with E-state index in [0.717, 1.165) is 11.1 Å². The molecule has 0 radical (unpaired) electrons. The SMILES string of the molecule is C=CCN(C=C(N)c1cccc(CCOCCC(=O)O)c1)NC. The zero-order chi connectivity index (χ0) is 17.1. The number of hydrogen-bond donors (Lipinski definition) is 3. The minimum Gasteiger partial charge on any atom is -0.481 e. The topological polar surface area (TPSA) is 87.8 Å². The highest BCUT2D eigenvalue weighted by atomic mass is 16.5. The quantitative estimate of drug-likeness (QED) is 0.326. The van der Waals surface area contributed by atoms with Crippen LogP contribution >= 0.6 is 0 Å². The van der Waals surface area contributed by atoms with Gasteiger partial charge >= 0.3 is 5.97 Å². The van der Waals surface area contributed by atoms with Gasteiger partial charge in [0.1, 0.15) is 0 Å². The summed E-state index contributed by atoms with van der Waals surface area (Å²) in [7, 11) is 1.82. The first-order chi connectivity index (χ1) is 11.1. The van der Waals surface area contributed by atoms with E-state index in [1.807, 2.05) is 42.5 Å². The molecule has 6 nitrogen and oxygen atoms in total. The highest BCUT2D eigenvalue weighted by Crippen LogP contribution is 2.13. The molecule has 1 rings (SSSR count). The van der Waals surface area contributed by atoms with E-state index in [1.54, 1.807) is 6.08 Å². The molecular formula is C17H25N3O3. The molecule has 0 saturated heterocycles. The first kappa shape index (κ1) is 18.7. The van der Waals surface area contributed by atoms with Crippen molar-refractivity contribution in [1.82, 2.24) is 10.4 Å². The molecule has 0 saturated carbocycles. The van der Waals surface area contributed by atoms with Crippen LogP contribution in [0.25, 0.3) is 5.70 Å². The van der Waals surface area contributed by atoms with Crippen LogP contribution in [-0.4, -0.2) is 42.9 Å². The van der Waals surface area contributed by atoms with Gasteiger partial charge in [0.15, 0.2) is 0 Å². The number of carbonyl (C=O) groups is 1. The Labute approximate surface area is 137 Å². The minimum atomic E-state index is -0.849. The van der Waals surface area contributed by atoms with Crippen molar-refractivity contribution in [3.8, 4) is 0 Å². The van der Waals surface area contributed by atoms with Gasteiger partial charge in [-0.05, 0) is 23.6 Å². The van der Waals surface area contributed by atoms with E-state index < -0.39 is 5.97 Å². The molecule has 0 heterocycles. The van der Waals surface area contributed by atoms with Gasteiger partial charge in [0.05, 0.1) is 31.9 Å². The molecule has 1 aromatic rings. The first-order valence-corrected chi connectivity index (χ1v) is 7.48. The second-order valence-electron chi connectivity index (χ2n) is 4.96. The zero-order valence-corrected chi connectivity index (χ0v) is 13.5. The summed E-state index contributed by atoms with van der Waals surface area (Å²) in [6.07, 6.45) is 4.34. The molecule has 0 amide bonds. The van der Waals surface area contributed by atoms with Crippen LogP contribution in [0.5, 0.6) is 0 Å². The maximum Gasteiger partial charge on any atom is 0.305 e. The maximum atomic E-state index is 10.4. The standard InChI is InChI=1S/C17H25N3O3/c1-3-9-20(19-2)13-16(18)15-6-4-5-14(12-15)7-10-23-11-8-17(21)22/h3-6,12-13,19H,1,7-11,18H2,2H3,(H,21,22). The molecule has 126 valence electrons. The summed E-state index contributed by atoms with van der Waals surface area (Å²) in [6.45, 7) is 5.06. The molecule has 6 heteroatoms. The molecule has 4 N–H and O–H groups in total. The van der Waals surface area contributed by atoms with Gasteiger partial charge < -0.3 is 20.6 Å². The monoisotopic (exact) mass is 319 g/mol. The number of benzene rings is 1. The van der Waals surface area contributed by atoms with Gasteiger partial charge in [-0.15, -0.1) is 6.58 Å². The van der Waals surface area contributed by atoms with Crippen molar-refractivity contribution in [2.24, 2.45) is 5.73 Å². The normalized spacial score (nSPS) is 11.3. The highest BCUT2D eigenvalue weighted by molar-refractivity contribution is 5.66. The van der Waals surface area contributed by atoms with Crippen LogP contribution in [-0.2, 0) is 16.0 Å². The molecule has 0 unspecified atom stereocenters. The van der Waals surface area contributed by atoms with Crippen molar-refractivity contribution >= 4 is 11.7 Å². The molecule has 0 fully saturated rings. The number of hydrazine groups is 1. The molecule has 0 aliphatic carbocycles. The largest absolute Gasteiger partial charge is 0.481 e. The summed E-state index contributed by atoms with van der Waals surface area (Å²) >= 11 is 0. The predicted octanol–water partition coefficient (Wildman–Crippen LogP) is 1.60. The lowest BCUT2D eigenvalue weighted by atomic mass is 10.1. The van der Waals surface area contributed by atoms with Crippen molar-refractivity contribution < 1.29 is 14.6 Å². The average Bonchev–Trinajstić information content (AvgIpc) is 2.54. The second kappa shape index (κ2) is 10.4. The number of carboxylic acids is 1. The van der Waals surface area contributed by atoms with Gasteiger partial charge in [-0.25, -0.2) is 5.43 Å². The third-order valence-corrected chi connectivity index (χ3v) is 3.16. The van der Waals surface area contributed by atoms with Crippen molar-refractivity contribution in [2.45, 2.75) is 12.8 Å². The van der Waals surface area contributed by atoms with E-state index in [1.165, 1.54) is 0 Å². The number of ether oxygens (including phenoxy) is 1. The Hall–Kier alpha value is -2.31. The molecule has 0 aliphatic rings. The van der Waals surface area contributed by atoms with Crippen molar-refractivity contribution in [3.05, 3.63) is 54.2 Å². The van der Waals surface area contributed by atoms with E-state index in [4.69, 9.17) is 15.6 Å². The minimum absolute atomic E-state index is 0.0267. The van der Waals surface area contributed by atoms with Crippen LogP contribution in [0, 0.1) is 0 Å². The van der Waals surface area contributed by atoms with Crippen LogP contribution < -0.4 is 11.2 Å². The predicted molar refractivity (Wildman–Crippen MR) is 91.3 cm³/mol. The number of nitrogens with zero attached hydrogens (tertiary/aromatic N) is 1. The van der Waals surface area contributed by atoms with Crippen LogP contribution in [0.4, 0.5) is 0 Å². The zero-order valence-electron chi connectivity index (χ0n) is 13.5. The number of nitrogens with one attached hydrogen (secondary N) is 1. The van der Waals surface area contributed by atoms with Crippen LogP contribution in [0.15, 0.2) is 43.1 Å². The summed E-state index contributed by atoms with van der Waals surface area (Å²) in [5, 5.41) is 10.4. The van der Waals surface area contributed by atoms with Crippen LogP contribution in [0.2, 0.25) is 0 Å². The molecule has 0 bridgehead atoms. The molecule has 0 aromatic heterocycles. The third kappa shape index (κ3) is 7.49. The van der Waals surface area contributed by atoms with E-state index in [-0.39, 0.29) is 13.0 Å². The van der Waals surface area contributed by atoms with Crippen LogP contribution in [0.3, 0.4) is 0 Å². The Morgan fingerprint density at radius 2 is 2.26 bits per heavy atom. The summed E-state index contributed by atoms with van der Waals surface area (Å²) in [5.74, 6) is -0.849. The smallest absolute Gasteiger partial charge is 0.305 e. The van der Waals surface area contributed by atoms with Crippen molar-refractivity contribution in [1.29, 1.82) is 0 Å². The summed E-state index contributed by atoms with van der Waals surface area (Å²) < 4.78 is 5.31. The molecular weight excluding hydrogens is 294 g/mol. The number of carboxylic acid groups (broad SMARTS) is 1. The number of nitrogens with two attached hydrogens (primary N) is 1. The fraction of sp³-hybridized carbons (Fsp3) is 0.353. The lowest BCUT2D eigenvalue weighted by molar-refractivity contribution is -0.138. The summed E-state index contributed by atoms with van der Waals surface area (Å²) in [5.41, 5.74) is 11.8. The Balaban J connectivity index is 2.59. The Morgan fingerprint density at radius 1 is 1.48 bits per heavy atom. The molecule has 0 aliphatic heterocycles. The van der Waals surface area contributed by atoms with Gasteiger partial charge in [-0.3, -0.25) is 4.79 Å². The lowest BCUT2D eigenvalue weighted by Crippen LogP contribution is -2.30. The first-order valence-electron chi connectivity index (χ1n) is 7.48. The fourth-order valence-corrected chi connectivity index (χ4v) is 1.95. The lowest BCUT2D eigenvalue weighted by Gasteiger charge is -2.18. The summed E-state index contributed by atoms with van der Waals surface area (Å²) in [6, 6.07) is 7.90. The van der Waals surface area contributed by atoms with Crippen LogP contribution in [0.1, 0.15) is 17.5 Å². The number of aliphatic carboxylic acids is 1. The molecule has 1 aromatic carbocycles. The van der Waals surface area contributed by atoms with Gasteiger partial charge in [-0.1, -0.05) is 24.3 Å². The van der Waals surface area contributed by atoms with Gasteiger partial charge in [0.2, 0.25) is 0 Å². The van der Waals surface area contributed by atoms with E-state index in [9.17, 15) is 4.79 Å². The Kier molecular flexibility index (Phi) is 8.49. The van der Waals surface area contributed by atoms with E-state index in [0.29, 0.717) is 25.3 Å². The Bertz CT molecular complexity index is 544. The summed E-state index contributed by atoms with van der Waals surface area (Å²) in [4.78, 5) is 10.4. The maximum absolute atomic E-state index is 10.4. The third-order valence-electron chi connectivity index (χ3n) is 3.16. The molecule has 0 atom stereocenters. The fourth-order valence-electron chi connectivity index (χ4n) is 1.95. The highest BCUT2D eigenvalue weighted by Gasteiger charge is 2.02. The molecule has 23 heavy (non-hydrogen) atoms. The average molecular weight is 319 g/mol. The number of rotatable bonds is 11. The molecule has 0 spiro atoms. The van der Waals surface area contributed by atoms with Gasteiger partial charge in [0, 0.05) is 13.2 Å². The van der Waals surface area contributed by atoms with Gasteiger partial charge in [-0.2, -0.15) is 0 Å². The van der Waals surface area contributed by atoms with E-state index >= 15 is 0 Å². The van der Waals surface area contributed by atoms with E-state index in [2.05, 4.69) is 12.0 Å². The Morgan fingerprint density at radius 3 is 2.91 bits per heavy atom. The number of hydrogen-bond acceptors (Lipinski definition) is 5.